The molecule has 1 saturated carbocycles. The molecule has 1 aliphatic carbocycles. The van der Waals surface area contributed by atoms with Crippen molar-refractivity contribution in [2.75, 3.05) is 33.5 Å². The summed E-state index contributed by atoms with van der Waals surface area (Å²) in [5.74, 6) is 2.50. The van der Waals surface area contributed by atoms with Gasteiger partial charge in [-0.15, -0.1) is 0 Å². The molecule has 7 rings (SSSR count). The number of nitrogens with zero attached hydrogens (tertiary/aromatic N) is 5. The summed E-state index contributed by atoms with van der Waals surface area (Å²) in [4.78, 5) is 32.4. The Hall–Kier alpha value is -4.02. The van der Waals surface area contributed by atoms with Crippen LogP contribution in [0.3, 0.4) is 0 Å². The standard InChI is InChI=1S/C42H54N6O3S/c1-26(2)25-52-44-41(49)29-14-17-35-37(21-29)47-23-31(39-36(22-43-46(39)6)42(50)48-27(3)13-15-32(48)24-45(4)5)19-30-20-33(51-7)16-18-34(30)40(47)38(35)28-11-9-8-10-12-28/h14,16-22,26-28,32H,8-13,15,23-25H2,1-7H3,(H,44,49). The average molecular weight is 723 g/mol. The number of allylic oxidation sites excluding steroid dienone is 1. The summed E-state index contributed by atoms with van der Waals surface area (Å²) in [7, 11) is 7.79. The quantitative estimate of drug-likeness (QED) is 0.166. The van der Waals surface area contributed by atoms with Crippen molar-refractivity contribution < 1.29 is 14.3 Å². The van der Waals surface area contributed by atoms with Crippen LogP contribution >= 0.6 is 11.9 Å². The number of aromatic nitrogens is 3. The van der Waals surface area contributed by atoms with Crippen molar-refractivity contribution in [3.8, 4) is 17.0 Å². The van der Waals surface area contributed by atoms with E-state index in [9.17, 15) is 9.59 Å². The molecule has 4 heterocycles. The highest BCUT2D eigenvalue weighted by atomic mass is 32.2. The zero-order chi connectivity index (χ0) is 36.7. The number of carbonyl (C=O) groups excluding carboxylic acids is 2. The molecule has 0 bridgehead atoms. The second kappa shape index (κ2) is 15.1. The van der Waals surface area contributed by atoms with Crippen molar-refractivity contribution in [3.63, 3.8) is 0 Å². The van der Waals surface area contributed by atoms with Crippen LogP contribution in [0.2, 0.25) is 0 Å². The third-order valence-electron chi connectivity index (χ3n) is 11.2. The molecular formula is C42H54N6O3S. The van der Waals surface area contributed by atoms with Crippen molar-refractivity contribution in [2.24, 2.45) is 13.0 Å². The SMILES string of the molecule is COc1ccc2c(c1)C=C(c1c(C(=O)N3C(C)CCC3CN(C)C)cnn1C)Cn1c-2c(C2CCCCC2)c2ccc(C(=O)NSCC(C)C)cc21. The minimum atomic E-state index is -0.0802. The number of benzene rings is 2. The topological polar surface area (TPSA) is 84.6 Å². The second-order valence-corrected chi connectivity index (χ2v) is 16.6. The van der Waals surface area contributed by atoms with Crippen LogP contribution in [0.4, 0.5) is 0 Å². The highest BCUT2D eigenvalue weighted by Gasteiger charge is 2.38. The lowest BCUT2D eigenvalue weighted by atomic mass is 9.81. The summed E-state index contributed by atoms with van der Waals surface area (Å²) < 4.78 is 13.1. The lowest BCUT2D eigenvalue weighted by molar-refractivity contribution is 0.0655. The van der Waals surface area contributed by atoms with Crippen LogP contribution in [0, 0.1) is 5.92 Å². The predicted molar refractivity (Wildman–Crippen MR) is 213 cm³/mol. The summed E-state index contributed by atoms with van der Waals surface area (Å²) in [5.41, 5.74) is 8.91. The van der Waals surface area contributed by atoms with Crippen LogP contribution in [0.5, 0.6) is 5.75 Å². The lowest BCUT2D eigenvalue weighted by Gasteiger charge is -2.30. The number of nitrogens with one attached hydrogen (secondary N) is 1. The van der Waals surface area contributed by atoms with E-state index in [4.69, 9.17) is 9.84 Å². The highest BCUT2D eigenvalue weighted by molar-refractivity contribution is 7.97. The van der Waals surface area contributed by atoms with Gasteiger partial charge >= 0.3 is 0 Å². The zero-order valence-corrected chi connectivity index (χ0v) is 32.7. The van der Waals surface area contributed by atoms with E-state index >= 15 is 0 Å². The van der Waals surface area contributed by atoms with Crippen molar-refractivity contribution in [2.45, 2.75) is 90.3 Å². The van der Waals surface area contributed by atoms with Crippen LogP contribution in [-0.2, 0) is 13.6 Å². The van der Waals surface area contributed by atoms with Crippen LogP contribution in [0.1, 0.15) is 109 Å². The van der Waals surface area contributed by atoms with Gasteiger partial charge in [0.1, 0.15) is 5.75 Å². The van der Waals surface area contributed by atoms with Crippen LogP contribution in [0.15, 0.2) is 42.6 Å². The number of ether oxygens (including phenoxy) is 1. The first-order chi connectivity index (χ1) is 25.0. The van der Waals surface area contributed by atoms with Gasteiger partial charge < -0.3 is 19.1 Å². The van der Waals surface area contributed by atoms with Gasteiger partial charge in [0.15, 0.2) is 0 Å². The van der Waals surface area contributed by atoms with Gasteiger partial charge in [-0.3, -0.25) is 19.0 Å². The molecule has 1 saturated heterocycles. The van der Waals surface area contributed by atoms with E-state index in [-0.39, 0.29) is 23.9 Å². The minimum absolute atomic E-state index is 0.0364. The Morgan fingerprint density at radius 2 is 1.83 bits per heavy atom. The van der Waals surface area contributed by atoms with Gasteiger partial charge in [-0.2, -0.15) is 5.10 Å². The Bertz CT molecular complexity index is 2000. The summed E-state index contributed by atoms with van der Waals surface area (Å²) >= 11 is 1.47. The maximum Gasteiger partial charge on any atom is 0.261 e. The molecule has 2 fully saturated rings. The lowest BCUT2D eigenvalue weighted by Crippen LogP contribution is -2.44. The third-order valence-corrected chi connectivity index (χ3v) is 12.4. The van der Waals surface area contributed by atoms with Gasteiger partial charge in [0.05, 0.1) is 36.8 Å². The molecule has 1 N–H and O–H groups in total. The number of likely N-dealkylation sites (tertiary alicyclic amines) is 1. The van der Waals surface area contributed by atoms with E-state index in [0.29, 0.717) is 29.5 Å². The summed E-state index contributed by atoms with van der Waals surface area (Å²) in [6.07, 6.45) is 12.0. The molecule has 3 aliphatic rings. The fourth-order valence-corrected chi connectivity index (χ4v) is 9.48. The Morgan fingerprint density at radius 3 is 2.56 bits per heavy atom. The van der Waals surface area contributed by atoms with Crippen LogP contribution < -0.4 is 9.46 Å². The molecule has 2 aliphatic heterocycles. The van der Waals surface area contributed by atoms with E-state index in [1.54, 1.807) is 13.3 Å². The zero-order valence-electron chi connectivity index (χ0n) is 31.9. The smallest absolute Gasteiger partial charge is 0.261 e. The largest absolute Gasteiger partial charge is 0.497 e. The van der Waals surface area contributed by atoms with E-state index in [1.165, 1.54) is 47.9 Å². The normalized spacial score (nSPS) is 19.2. The number of hydrogen-bond donors (Lipinski definition) is 1. The molecule has 10 heteroatoms. The fraction of sp³-hybridized carbons (Fsp3) is 0.500. The minimum Gasteiger partial charge on any atom is -0.497 e. The number of carbonyl (C=O) groups is 2. The number of amides is 2. The predicted octanol–water partition coefficient (Wildman–Crippen LogP) is 8.24. The summed E-state index contributed by atoms with van der Waals surface area (Å²) in [6.45, 7) is 7.83. The molecule has 9 nitrogen and oxygen atoms in total. The van der Waals surface area contributed by atoms with Crippen LogP contribution in [0.25, 0.3) is 33.8 Å². The van der Waals surface area contributed by atoms with Gasteiger partial charge in [-0.1, -0.05) is 39.2 Å². The first-order valence-electron chi connectivity index (χ1n) is 19.0. The monoisotopic (exact) mass is 722 g/mol. The number of hydrogen-bond acceptors (Lipinski definition) is 6. The molecule has 2 aromatic heterocycles. The van der Waals surface area contributed by atoms with Crippen molar-refractivity contribution in [1.29, 1.82) is 0 Å². The molecule has 2 unspecified atom stereocenters. The van der Waals surface area contributed by atoms with Gasteiger partial charge in [0.25, 0.3) is 11.8 Å². The first-order valence-corrected chi connectivity index (χ1v) is 20.0. The van der Waals surface area contributed by atoms with E-state index in [0.717, 1.165) is 71.6 Å². The molecule has 276 valence electrons. The van der Waals surface area contributed by atoms with Crippen molar-refractivity contribution in [1.82, 2.24) is 28.9 Å². The number of rotatable bonds is 10. The summed E-state index contributed by atoms with van der Waals surface area (Å²) in [5, 5.41) is 5.92. The molecule has 2 atom stereocenters. The van der Waals surface area contributed by atoms with Gasteiger partial charge in [-0.05, 0) is 124 Å². The number of aryl methyl sites for hydroxylation is 1. The van der Waals surface area contributed by atoms with E-state index in [1.807, 2.05) is 23.9 Å². The number of likely N-dealkylation sites (N-methyl/N-ethyl adjacent to an activating group) is 1. The number of methoxy groups -OCH3 is 1. The summed E-state index contributed by atoms with van der Waals surface area (Å²) in [6, 6.07) is 12.9. The molecule has 2 amide bonds. The number of fused-ring (bicyclic) bond motifs is 5. The second-order valence-electron chi connectivity index (χ2n) is 15.8. The Labute approximate surface area is 312 Å². The maximum atomic E-state index is 14.6. The van der Waals surface area contributed by atoms with Crippen LogP contribution in [-0.4, -0.2) is 81.5 Å². The molecule has 52 heavy (non-hydrogen) atoms. The highest BCUT2D eigenvalue weighted by Crippen LogP contribution is 2.48. The van der Waals surface area contributed by atoms with Gasteiger partial charge in [0, 0.05) is 53.5 Å². The Morgan fingerprint density at radius 1 is 1.04 bits per heavy atom. The average Bonchev–Trinajstić information content (AvgIpc) is 3.75. The van der Waals surface area contributed by atoms with Gasteiger partial charge in [-0.25, -0.2) is 0 Å². The van der Waals surface area contributed by atoms with Crippen molar-refractivity contribution >= 4 is 46.3 Å². The molecule has 0 spiro atoms. The molecule has 0 radical (unpaired) electrons. The molecule has 2 aromatic carbocycles. The maximum absolute atomic E-state index is 14.6. The van der Waals surface area contributed by atoms with E-state index in [2.05, 4.69) is 84.3 Å². The van der Waals surface area contributed by atoms with Crippen molar-refractivity contribution in [3.05, 3.63) is 70.5 Å². The Balaban J connectivity index is 1.40. The third kappa shape index (κ3) is 6.92. The fourth-order valence-electron chi connectivity index (χ4n) is 8.81. The van der Waals surface area contributed by atoms with Gasteiger partial charge in [0.2, 0.25) is 0 Å². The Kier molecular flexibility index (Phi) is 10.6. The van der Waals surface area contributed by atoms with E-state index < -0.39 is 0 Å². The first kappa shape index (κ1) is 36.3. The molecular weight excluding hydrogens is 669 g/mol. The molecule has 4 aromatic rings.